The van der Waals surface area contributed by atoms with Crippen molar-refractivity contribution < 1.29 is 9.63 Å². The van der Waals surface area contributed by atoms with Crippen molar-refractivity contribution >= 4 is 22.9 Å². The Balaban J connectivity index is 1.75. The van der Waals surface area contributed by atoms with E-state index in [2.05, 4.69) is 27.3 Å². The number of rotatable bonds is 9. The van der Waals surface area contributed by atoms with Gasteiger partial charge in [0, 0.05) is 17.5 Å². The highest BCUT2D eigenvalue weighted by molar-refractivity contribution is 7.14. The van der Waals surface area contributed by atoms with Gasteiger partial charge in [0.05, 0.1) is 17.2 Å². The number of unbranched alkanes of at least 4 members (excludes halogenated alkanes) is 3. The lowest BCUT2D eigenvalue weighted by molar-refractivity contribution is 0.209. The third-order valence-corrected chi connectivity index (χ3v) is 5.98. The fraction of sp³-hybridized carbons (Fsp3) is 0.474. The van der Waals surface area contributed by atoms with Gasteiger partial charge in [0.15, 0.2) is 0 Å². The molecular weight excluding hydrogens is 398 g/mol. The van der Waals surface area contributed by atoms with Crippen LogP contribution in [0.25, 0.3) is 22.0 Å². The van der Waals surface area contributed by atoms with Gasteiger partial charge in [0.1, 0.15) is 10.0 Å². The third-order valence-electron chi connectivity index (χ3n) is 4.41. The first-order chi connectivity index (χ1) is 13.4. The predicted octanol–water partition coefficient (Wildman–Crippen LogP) is 4.20. The molecule has 0 spiro atoms. The van der Waals surface area contributed by atoms with Gasteiger partial charge in [-0.3, -0.25) is 0 Å². The van der Waals surface area contributed by atoms with E-state index in [9.17, 15) is 5.11 Å². The molecule has 1 atom stereocenters. The summed E-state index contributed by atoms with van der Waals surface area (Å²) in [5.41, 5.74) is 6.62. The Bertz CT molecular complexity index is 925. The quantitative estimate of drug-likeness (QED) is 0.498. The predicted molar refractivity (Wildman–Crippen MR) is 110 cm³/mol. The summed E-state index contributed by atoms with van der Waals surface area (Å²) in [5, 5.41) is 23.4. The first-order valence-electron chi connectivity index (χ1n) is 9.31. The first kappa shape index (κ1) is 20.9. The number of aromatic nitrogens is 4. The Morgan fingerprint density at radius 1 is 1.25 bits per heavy atom. The average Bonchev–Trinajstić information content (AvgIpc) is 3.35. The summed E-state index contributed by atoms with van der Waals surface area (Å²) >= 11 is 7.79. The van der Waals surface area contributed by atoms with Gasteiger partial charge in [-0.1, -0.05) is 60.3 Å². The minimum atomic E-state index is -0.919. The number of aryl methyl sites for hydroxylation is 1. The molecule has 2 aromatic heterocycles. The van der Waals surface area contributed by atoms with E-state index in [4.69, 9.17) is 21.9 Å². The van der Waals surface area contributed by atoms with Crippen molar-refractivity contribution in [1.82, 2.24) is 20.3 Å². The highest BCUT2D eigenvalue weighted by Gasteiger charge is 2.25. The number of nitrogens with two attached hydrogens (primary N) is 1. The van der Waals surface area contributed by atoms with Crippen molar-refractivity contribution in [3.63, 3.8) is 0 Å². The minimum absolute atomic E-state index is 0.208. The smallest absolute Gasteiger partial charge is 0.226 e. The highest BCUT2D eigenvalue weighted by Crippen LogP contribution is 2.33. The number of halogens is 1. The van der Waals surface area contributed by atoms with Crippen molar-refractivity contribution in [1.29, 1.82) is 0 Å². The van der Waals surface area contributed by atoms with Crippen molar-refractivity contribution in [3.8, 4) is 22.0 Å². The monoisotopic (exact) mass is 421 g/mol. The molecule has 3 aromatic rings. The van der Waals surface area contributed by atoms with Gasteiger partial charge in [-0.2, -0.15) is 4.98 Å². The van der Waals surface area contributed by atoms with E-state index < -0.39 is 5.54 Å². The molecule has 7 nitrogen and oxygen atoms in total. The van der Waals surface area contributed by atoms with Crippen LogP contribution in [0.2, 0.25) is 5.02 Å². The van der Waals surface area contributed by atoms with Crippen LogP contribution in [0, 0.1) is 0 Å². The SMILES string of the molecule is CCCCCCc1nc(-c2ccc(-c3nnc([C@@](C)(N)CO)s3)cc2Cl)no1. The molecule has 28 heavy (non-hydrogen) atoms. The van der Waals surface area contributed by atoms with Gasteiger partial charge >= 0.3 is 0 Å². The summed E-state index contributed by atoms with van der Waals surface area (Å²) in [6.45, 7) is 3.68. The fourth-order valence-electron chi connectivity index (χ4n) is 2.64. The van der Waals surface area contributed by atoms with Crippen molar-refractivity contribution in [2.75, 3.05) is 6.61 Å². The van der Waals surface area contributed by atoms with Crippen LogP contribution in [0.4, 0.5) is 0 Å². The Labute approximate surface area is 173 Å². The molecule has 0 fully saturated rings. The lowest BCUT2D eigenvalue weighted by Gasteiger charge is -2.16. The van der Waals surface area contributed by atoms with Crippen LogP contribution >= 0.6 is 22.9 Å². The van der Waals surface area contributed by atoms with Gasteiger partial charge < -0.3 is 15.4 Å². The van der Waals surface area contributed by atoms with Crippen LogP contribution < -0.4 is 5.73 Å². The molecule has 3 N–H and O–H groups in total. The summed E-state index contributed by atoms with van der Waals surface area (Å²) in [6, 6.07) is 5.53. The second kappa shape index (κ2) is 9.09. The zero-order chi connectivity index (χ0) is 20.1. The number of hydrogen-bond acceptors (Lipinski definition) is 8. The third kappa shape index (κ3) is 4.75. The van der Waals surface area contributed by atoms with Crippen LogP contribution in [0.1, 0.15) is 50.4 Å². The normalized spacial score (nSPS) is 13.6. The molecule has 0 saturated carbocycles. The summed E-state index contributed by atoms with van der Waals surface area (Å²) in [7, 11) is 0. The van der Waals surface area contributed by atoms with Gasteiger partial charge in [-0.25, -0.2) is 0 Å². The van der Waals surface area contributed by atoms with Gasteiger partial charge in [-0.15, -0.1) is 10.2 Å². The van der Waals surface area contributed by atoms with Crippen LogP contribution in [0.5, 0.6) is 0 Å². The molecule has 0 aliphatic heterocycles. The number of hydrogen-bond donors (Lipinski definition) is 2. The molecule has 0 unspecified atom stereocenters. The molecule has 0 bridgehead atoms. The second-order valence-electron chi connectivity index (χ2n) is 7.00. The number of benzene rings is 1. The van der Waals surface area contributed by atoms with Crippen molar-refractivity contribution in [2.24, 2.45) is 5.73 Å². The summed E-state index contributed by atoms with van der Waals surface area (Å²) in [5.74, 6) is 1.11. The maximum atomic E-state index is 9.39. The maximum absolute atomic E-state index is 9.39. The van der Waals surface area contributed by atoms with Gasteiger partial charge in [-0.05, 0) is 25.5 Å². The maximum Gasteiger partial charge on any atom is 0.226 e. The van der Waals surface area contributed by atoms with E-state index in [1.165, 1.54) is 24.2 Å². The van der Waals surface area contributed by atoms with Crippen molar-refractivity contribution in [3.05, 3.63) is 34.1 Å². The molecular formula is C19H24ClN5O2S. The van der Waals surface area contributed by atoms with E-state index in [1.807, 2.05) is 12.1 Å². The topological polar surface area (TPSA) is 111 Å². The molecule has 1 aromatic carbocycles. The van der Waals surface area contributed by atoms with Crippen molar-refractivity contribution in [2.45, 2.75) is 51.5 Å². The van der Waals surface area contributed by atoms with E-state index in [1.54, 1.807) is 13.0 Å². The van der Waals surface area contributed by atoms with E-state index in [0.29, 0.717) is 32.3 Å². The van der Waals surface area contributed by atoms with Gasteiger partial charge in [0.25, 0.3) is 0 Å². The molecule has 3 rings (SSSR count). The van der Waals surface area contributed by atoms with Crippen LogP contribution in [0.3, 0.4) is 0 Å². The summed E-state index contributed by atoms with van der Waals surface area (Å²) in [4.78, 5) is 4.46. The summed E-state index contributed by atoms with van der Waals surface area (Å²) < 4.78 is 5.34. The fourth-order valence-corrected chi connectivity index (χ4v) is 3.79. The molecule has 0 aliphatic carbocycles. The molecule has 9 heteroatoms. The number of aliphatic hydroxyl groups is 1. The molecule has 2 heterocycles. The van der Waals surface area contributed by atoms with Crippen LogP contribution in [-0.4, -0.2) is 32.1 Å². The molecule has 0 amide bonds. The standard InChI is InChI=1S/C19H24ClN5O2S/c1-3-4-5-6-7-15-22-16(25-27-15)13-9-8-12(10-14(13)20)17-23-24-18(28-17)19(2,21)11-26/h8-10,26H,3-7,11,21H2,1-2H3/t19-/m0/s1. The van der Waals surface area contributed by atoms with E-state index in [0.717, 1.165) is 24.8 Å². The Morgan fingerprint density at radius 2 is 2.07 bits per heavy atom. The van der Waals surface area contributed by atoms with E-state index in [-0.39, 0.29) is 6.61 Å². The molecule has 0 saturated heterocycles. The first-order valence-corrected chi connectivity index (χ1v) is 10.5. The zero-order valence-electron chi connectivity index (χ0n) is 16.0. The lowest BCUT2D eigenvalue weighted by atomic mass is 10.1. The molecule has 0 aliphatic rings. The summed E-state index contributed by atoms with van der Waals surface area (Å²) in [6.07, 6.45) is 5.38. The Hall–Kier alpha value is -1.87. The largest absolute Gasteiger partial charge is 0.394 e. The Morgan fingerprint density at radius 3 is 2.79 bits per heavy atom. The van der Waals surface area contributed by atoms with Crippen LogP contribution in [-0.2, 0) is 12.0 Å². The Kier molecular flexibility index (Phi) is 6.77. The number of nitrogens with zero attached hydrogens (tertiary/aromatic N) is 4. The minimum Gasteiger partial charge on any atom is -0.394 e. The highest BCUT2D eigenvalue weighted by atomic mass is 35.5. The molecule has 150 valence electrons. The lowest BCUT2D eigenvalue weighted by Crippen LogP contribution is -2.36. The van der Waals surface area contributed by atoms with E-state index >= 15 is 0 Å². The molecule has 0 radical (unpaired) electrons. The van der Waals surface area contributed by atoms with Crippen LogP contribution in [0.15, 0.2) is 22.7 Å². The second-order valence-corrected chi connectivity index (χ2v) is 8.39. The average molecular weight is 422 g/mol. The number of aliphatic hydroxyl groups excluding tert-OH is 1. The van der Waals surface area contributed by atoms with Gasteiger partial charge in [0.2, 0.25) is 11.7 Å². The zero-order valence-corrected chi connectivity index (χ0v) is 17.6.